The molecule has 0 radical (unpaired) electrons. The first-order valence-corrected chi connectivity index (χ1v) is 7.52. The molecule has 2 aromatic rings. The Morgan fingerprint density at radius 3 is 2.70 bits per heavy atom. The number of amides is 2. The summed E-state index contributed by atoms with van der Waals surface area (Å²) >= 11 is 0. The van der Waals surface area contributed by atoms with Gasteiger partial charge in [0.05, 0.1) is 11.0 Å². The van der Waals surface area contributed by atoms with Crippen LogP contribution in [0.3, 0.4) is 0 Å². The van der Waals surface area contributed by atoms with Gasteiger partial charge in [-0.15, -0.1) is 0 Å². The van der Waals surface area contributed by atoms with Gasteiger partial charge >= 0.3 is 6.03 Å². The second-order valence-corrected chi connectivity index (χ2v) is 5.50. The molecule has 1 heterocycles. The zero-order valence-corrected chi connectivity index (χ0v) is 12.5. The Balaban J connectivity index is 1.75. The van der Waals surface area contributed by atoms with Crippen LogP contribution < -0.4 is 5.32 Å². The van der Waals surface area contributed by atoms with Crippen LogP contribution in [0.15, 0.2) is 54.6 Å². The van der Waals surface area contributed by atoms with E-state index in [-0.39, 0.29) is 17.8 Å². The number of carbonyl (C=O) groups excluding carboxylic acids is 1. The molecule has 1 fully saturated rings. The van der Waals surface area contributed by atoms with Gasteiger partial charge in [0.25, 0.3) is 5.69 Å². The van der Waals surface area contributed by atoms with Crippen molar-refractivity contribution in [2.75, 3.05) is 11.9 Å². The van der Waals surface area contributed by atoms with Crippen molar-refractivity contribution in [3.05, 3.63) is 70.3 Å². The van der Waals surface area contributed by atoms with Crippen LogP contribution in [-0.4, -0.2) is 22.4 Å². The first-order valence-electron chi connectivity index (χ1n) is 7.52. The molecule has 3 rings (SSSR count). The predicted molar refractivity (Wildman–Crippen MR) is 87.2 cm³/mol. The van der Waals surface area contributed by atoms with Gasteiger partial charge in [0.15, 0.2) is 0 Å². The van der Waals surface area contributed by atoms with E-state index in [0.717, 1.165) is 18.4 Å². The molecule has 0 bridgehead atoms. The van der Waals surface area contributed by atoms with Crippen molar-refractivity contribution >= 4 is 17.4 Å². The summed E-state index contributed by atoms with van der Waals surface area (Å²) in [6.07, 6.45) is 1.87. The average Bonchev–Trinajstić information content (AvgIpc) is 3.05. The highest BCUT2D eigenvalue weighted by atomic mass is 16.6. The number of urea groups is 1. The van der Waals surface area contributed by atoms with Crippen molar-refractivity contribution in [1.82, 2.24) is 4.90 Å². The fourth-order valence-electron chi connectivity index (χ4n) is 2.92. The van der Waals surface area contributed by atoms with E-state index in [2.05, 4.69) is 5.32 Å². The Morgan fingerprint density at radius 2 is 1.96 bits per heavy atom. The Hall–Kier alpha value is -2.89. The largest absolute Gasteiger partial charge is 0.322 e. The van der Waals surface area contributed by atoms with Crippen LogP contribution in [0.25, 0.3) is 0 Å². The number of nitro groups is 1. The minimum atomic E-state index is -0.474. The molecule has 0 spiro atoms. The van der Waals surface area contributed by atoms with Gasteiger partial charge in [-0.05, 0) is 24.5 Å². The van der Waals surface area contributed by atoms with Crippen LogP contribution in [0, 0.1) is 10.1 Å². The quantitative estimate of drug-likeness (QED) is 0.688. The highest BCUT2D eigenvalue weighted by Gasteiger charge is 2.29. The fourth-order valence-corrected chi connectivity index (χ4v) is 2.92. The molecule has 1 aliphatic rings. The highest BCUT2D eigenvalue weighted by molar-refractivity contribution is 5.90. The summed E-state index contributed by atoms with van der Waals surface area (Å²) in [5.74, 6) is 0. The molecule has 0 saturated carbocycles. The van der Waals surface area contributed by atoms with Gasteiger partial charge in [-0.25, -0.2) is 4.79 Å². The van der Waals surface area contributed by atoms with Crippen LogP contribution >= 0.6 is 0 Å². The summed E-state index contributed by atoms with van der Waals surface area (Å²) in [6.45, 7) is 0.681. The predicted octanol–water partition coefficient (Wildman–Crippen LogP) is 3.96. The number of carbonyl (C=O) groups is 1. The van der Waals surface area contributed by atoms with Crippen molar-refractivity contribution in [2.45, 2.75) is 18.9 Å². The normalized spacial score (nSPS) is 17.0. The summed E-state index contributed by atoms with van der Waals surface area (Å²) < 4.78 is 0. The molecule has 23 heavy (non-hydrogen) atoms. The molecular formula is C17H17N3O3. The van der Waals surface area contributed by atoms with Crippen LogP contribution in [0.5, 0.6) is 0 Å². The third-order valence-corrected chi connectivity index (χ3v) is 4.01. The fraction of sp³-hybridized carbons (Fsp3) is 0.235. The van der Waals surface area contributed by atoms with Crippen LogP contribution in [0.1, 0.15) is 24.4 Å². The maximum Gasteiger partial charge on any atom is 0.322 e. The van der Waals surface area contributed by atoms with Crippen molar-refractivity contribution in [3.63, 3.8) is 0 Å². The van der Waals surface area contributed by atoms with Crippen molar-refractivity contribution in [1.29, 1.82) is 0 Å². The number of anilines is 1. The van der Waals surface area contributed by atoms with Gasteiger partial charge in [-0.1, -0.05) is 36.4 Å². The lowest BCUT2D eigenvalue weighted by Crippen LogP contribution is -2.34. The second kappa shape index (κ2) is 6.48. The molecule has 6 nitrogen and oxygen atoms in total. The molecular weight excluding hydrogens is 294 g/mol. The molecule has 1 unspecified atom stereocenters. The lowest BCUT2D eigenvalue weighted by Gasteiger charge is -2.25. The van der Waals surface area contributed by atoms with Gasteiger partial charge in [0.1, 0.15) is 0 Å². The SMILES string of the molecule is O=C(Nc1cccc([N+](=O)[O-])c1)N1CCCC1c1ccccc1. The molecule has 0 aromatic heterocycles. The Bertz CT molecular complexity index is 718. The number of nitrogens with one attached hydrogen (secondary N) is 1. The summed E-state index contributed by atoms with van der Waals surface area (Å²) in [5, 5.41) is 13.6. The molecule has 2 amide bonds. The molecule has 1 saturated heterocycles. The third-order valence-electron chi connectivity index (χ3n) is 4.01. The molecule has 1 aliphatic heterocycles. The zero-order valence-electron chi connectivity index (χ0n) is 12.5. The van der Waals surface area contributed by atoms with E-state index < -0.39 is 4.92 Å². The lowest BCUT2D eigenvalue weighted by atomic mass is 10.1. The third kappa shape index (κ3) is 3.31. The molecule has 0 aliphatic carbocycles. The van der Waals surface area contributed by atoms with Gasteiger partial charge in [0.2, 0.25) is 0 Å². The molecule has 1 atom stereocenters. The number of hydrogen-bond acceptors (Lipinski definition) is 3. The number of nitrogens with zero attached hydrogens (tertiary/aromatic N) is 2. The minimum absolute atomic E-state index is 0.0381. The Morgan fingerprint density at radius 1 is 1.17 bits per heavy atom. The number of rotatable bonds is 3. The minimum Gasteiger partial charge on any atom is -0.317 e. The number of non-ortho nitro benzene ring substituents is 1. The van der Waals surface area contributed by atoms with E-state index >= 15 is 0 Å². The van der Waals surface area contributed by atoms with Crippen molar-refractivity contribution in [3.8, 4) is 0 Å². The van der Waals surface area contributed by atoms with Gasteiger partial charge < -0.3 is 10.2 Å². The number of nitro benzene ring substituents is 1. The van der Waals surface area contributed by atoms with Crippen LogP contribution in [-0.2, 0) is 0 Å². The molecule has 118 valence electrons. The summed E-state index contributed by atoms with van der Waals surface area (Å²) in [7, 11) is 0. The maximum absolute atomic E-state index is 12.5. The molecule has 1 N–H and O–H groups in total. The lowest BCUT2D eigenvalue weighted by molar-refractivity contribution is -0.384. The number of hydrogen-bond donors (Lipinski definition) is 1. The number of benzene rings is 2. The van der Waals surface area contributed by atoms with Crippen LogP contribution in [0.2, 0.25) is 0 Å². The summed E-state index contributed by atoms with van der Waals surface area (Å²) in [4.78, 5) is 24.7. The van der Waals surface area contributed by atoms with Gasteiger partial charge in [0, 0.05) is 24.4 Å². The molecule has 6 heteroatoms. The van der Waals surface area contributed by atoms with Crippen molar-refractivity contribution < 1.29 is 9.72 Å². The van der Waals surface area contributed by atoms with E-state index in [4.69, 9.17) is 0 Å². The Kier molecular flexibility index (Phi) is 4.23. The van der Waals surface area contributed by atoms with E-state index in [1.54, 1.807) is 17.0 Å². The number of likely N-dealkylation sites (tertiary alicyclic amines) is 1. The monoisotopic (exact) mass is 311 g/mol. The first kappa shape index (κ1) is 15.0. The summed E-state index contributed by atoms with van der Waals surface area (Å²) in [5.41, 5.74) is 1.51. The van der Waals surface area contributed by atoms with Gasteiger partial charge in [-0.2, -0.15) is 0 Å². The van der Waals surface area contributed by atoms with E-state index in [1.807, 2.05) is 30.3 Å². The van der Waals surface area contributed by atoms with Crippen LogP contribution in [0.4, 0.5) is 16.2 Å². The first-order chi connectivity index (χ1) is 11.1. The maximum atomic E-state index is 12.5. The van der Waals surface area contributed by atoms with Crippen molar-refractivity contribution in [2.24, 2.45) is 0 Å². The average molecular weight is 311 g/mol. The highest BCUT2D eigenvalue weighted by Crippen LogP contribution is 2.32. The zero-order chi connectivity index (χ0) is 16.2. The van der Waals surface area contributed by atoms with E-state index in [0.29, 0.717) is 12.2 Å². The standard InChI is InChI=1S/C17H17N3O3/c21-17(18-14-8-4-9-15(12-14)20(22)23)19-11-5-10-16(19)13-6-2-1-3-7-13/h1-4,6-9,12,16H,5,10-11H2,(H,18,21). The van der Waals surface area contributed by atoms with E-state index in [1.165, 1.54) is 12.1 Å². The Labute approximate surface area is 133 Å². The smallest absolute Gasteiger partial charge is 0.317 e. The topological polar surface area (TPSA) is 75.5 Å². The second-order valence-electron chi connectivity index (χ2n) is 5.50. The van der Waals surface area contributed by atoms with E-state index in [9.17, 15) is 14.9 Å². The summed E-state index contributed by atoms with van der Waals surface area (Å²) in [6, 6.07) is 15.7. The molecule has 2 aromatic carbocycles. The van der Waals surface area contributed by atoms with Gasteiger partial charge in [-0.3, -0.25) is 10.1 Å².